The van der Waals surface area contributed by atoms with Crippen molar-refractivity contribution in [1.29, 1.82) is 0 Å². The molecule has 2 aromatic rings. The van der Waals surface area contributed by atoms with Gasteiger partial charge in [0.15, 0.2) is 0 Å². The molecule has 0 saturated heterocycles. The SMILES string of the molecule is Nc1ncn(CC(=O)OCCCc2ccccc2)n1. The molecular weight excluding hydrogens is 244 g/mol. The summed E-state index contributed by atoms with van der Waals surface area (Å²) in [5, 5.41) is 3.81. The van der Waals surface area contributed by atoms with Crippen LogP contribution in [0.5, 0.6) is 0 Å². The van der Waals surface area contributed by atoms with Crippen molar-refractivity contribution >= 4 is 11.9 Å². The van der Waals surface area contributed by atoms with E-state index in [2.05, 4.69) is 22.2 Å². The summed E-state index contributed by atoms with van der Waals surface area (Å²) in [6, 6.07) is 10.1. The minimum atomic E-state index is -0.335. The third-order valence-corrected chi connectivity index (χ3v) is 2.56. The van der Waals surface area contributed by atoms with Gasteiger partial charge in [0.25, 0.3) is 0 Å². The van der Waals surface area contributed by atoms with E-state index in [0.29, 0.717) is 6.61 Å². The van der Waals surface area contributed by atoms with Crippen LogP contribution in [0.25, 0.3) is 0 Å². The van der Waals surface area contributed by atoms with Gasteiger partial charge in [-0.15, -0.1) is 5.10 Å². The van der Waals surface area contributed by atoms with Crippen LogP contribution in [0.1, 0.15) is 12.0 Å². The van der Waals surface area contributed by atoms with E-state index in [1.54, 1.807) is 0 Å². The van der Waals surface area contributed by atoms with Gasteiger partial charge in [-0.05, 0) is 18.4 Å². The largest absolute Gasteiger partial charge is 0.464 e. The van der Waals surface area contributed by atoms with Crippen LogP contribution in [0.15, 0.2) is 36.7 Å². The first-order valence-electron chi connectivity index (χ1n) is 6.08. The zero-order valence-electron chi connectivity index (χ0n) is 10.5. The fourth-order valence-electron chi connectivity index (χ4n) is 1.67. The number of hydrogen-bond acceptors (Lipinski definition) is 5. The number of nitrogens with two attached hydrogens (primary N) is 1. The van der Waals surface area contributed by atoms with Crippen LogP contribution in [-0.4, -0.2) is 27.3 Å². The first-order chi connectivity index (χ1) is 9.24. The molecule has 0 bridgehead atoms. The topological polar surface area (TPSA) is 83.0 Å². The summed E-state index contributed by atoms with van der Waals surface area (Å²) in [7, 11) is 0. The molecule has 2 rings (SSSR count). The lowest BCUT2D eigenvalue weighted by molar-refractivity contribution is -0.144. The van der Waals surface area contributed by atoms with E-state index in [4.69, 9.17) is 10.5 Å². The van der Waals surface area contributed by atoms with Gasteiger partial charge in [-0.25, -0.2) is 9.67 Å². The number of ether oxygens (including phenoxy) is 1. The third kappa shape index (κ3) is 4.42. The highest BCUT2D eigenvalue weighted by atomic mass is 16.5. The summed E-state index contributed by atoms with van der Waals surface area (Å²) in [4.78, 5) is 15.2. The Morgan fingerprint density at radius 1 is 1.32 bits per heavy atom. The van der Waals surface area contributed by atoms with E-state index in [1.165, 1.54) is 16.6 Å². The van der Waals surface area contributed by atoms with E-state index in [0.717, 1.165) is 12.8 Å². The molecule has 0 saturated carbocycles. The molecule has 0 aliphatic carbocycles. The Kier molecular flexibility index (Phi) is 4.49. The number of rotatable bonds is 6. The summed E-state index contributed by atoms with van der Waals surface area (Å²) < 4.78 is 6.46. The molecule has 0 atom stereocenters. The number of benzene rings is 1. The quantitative estimate of drug-likeness (QED) is 0.619. The number of carbonyl (C=O) groups is 1. The molecule has 0 spiro atoms. The van der Waals surface area contributed by atoms with Crippen molar-refractivity contribution in [2.45, 2.75) is 19.4 Å². The van der Waals surface area contributed by atoms with Crippen LogP contribution in [0.4, 0.5) is 5.95 Å². The van der Waals surface area contributed by atoms with E-state index < -0.39 is 0 Å². The molecule has 6 heteroatoms. The van der Waals surface area contributed by atoms with Crippen LogP contribution in [0.2, 0.25) is 0 Å². The lowest BCUT2D eigenvalue weighted by Gasteiger charge is -2.04. The molecule has 0 aliphatic heterocycles. The smallest absolute Gasteiger partial charge is 0.327 e. The van der Waals surface area contributed by atoms with Crippen LogP contribution < -0.4 is 5.73 Å². The maximum atomic E-state index is 11.5. The normalized spacial score (nSPS) is 10.3. The Hall–Kier alpha value is -2.37. The van der Waals surface area contributed by atoms with Gasteiger partial charge in [-0.2, -0.15) is 0 Å². The molecule has 2 N–H and O–H groups in total. The van der Waals surface area contributed by atoms with E-state index in [1.807, 2.05) is 18.2 Å². The van der Waals surface area contributed by atoms with Crippen LogP contribution in [0.3, 0.4) is 0 Å². The molecule has 1 aromatic heterocycles. The zero-order valence-corrected chi connectivity index (χ0v) is 10.5. The Labute approximate surface area is 111 Å². The van der Waals surface area contributed by atoms with Crippen molar-refractivity contribution in [2.24, 2.45) is 0 Å². The average Bonchev–Trinajstić information content (AvgIpc) is 2.81. The van der Waals surface area contributed by atoms with Gasteiger partial charge in [0.1, 0.15) is 12.9 Å². The number of carbonyl (C=O) groups excluding carboxylic acids is 1. The van der Waals surface area contributed by atoms with E-state index in [9.17, 15) is 4.79 Å². The summed E-state index contributed by atoms with van der Waals surface area (Å²) >= 11 is 0. The number of hydrogen-bond donors (Lipinski definition) is 1. The predicted molar refractivity (Wildman–Crippen MR) is 70.2 cm³/mol. The molecule has 0 radical (unpaired) electrons. The minimum absolute atomic E-state index is 0.0372. The van der Waals surface area contributed by atoms with Gasteiger partial charge in [0.05, 0.1) is 6.61 Å². The monoisotopic (exact) mass is 260 g/mol. The summed E-state index contributed by atoms with van der Waals surface area (Å²) in [6.45, 7) is 0.438. The molecule has 0 aliphatic rings. The fraction of sp³-hybridized carbons (Fsp3) is 0.308. The second-order valence-corrected chi connectivity index (χ2v) is 4.11. The second kappa shape index (κ2) is 6.53. The number of aryl methyl sites for hydroxylation is 1. The molecular formula is C13H16N4O2. The minimum Gasteiger partial charge on any atom is -0.464 e. The highest BCUT2D eigenvalue weighted by Gasteiger charge is 2.05. The van der Waals surface area contributed by atoms with Crippen molar-refractivity contribution in [3.8, 4) is 0 Å². The molecule has 100 valence electrons. The molecule has 19 heavy (non-hydrogen) atoms. The standard InChI is InChI=1S/C13H16N4O2/c14-13-15-10-17(16-13)9-12(18)19-8-4-7-11-5-2-1-3-6-11/h1-3,5-6,10H,4,7-9H2,(H2,14,16). The molecule has 1 heterocycles. The molecule has 1 aromatic carbocycles. The highest BCUT2D eigenvalue weighted by molar-refractivity contribution is 5.68. The number of nitrogens with zero attached hydrogens (tertiary/aromatic N) is 3. The van der Waals surface area contributed by atoms with Crippen molar-refractivity contribution in [2.75, 3.05) is 12.3 Å². The van der Waals surface area contributed by atoms with Crippen molar-refractivity contribution in [3.63, 3.8) is 0 Å². The van der Waals surface area contributed by atoms with Crippen molar-refractivity contribution in [1.82, 2.24) is 14.8 Å². The van der Waals surface area contributed by atoms with Crippen LogP contribution in [-0.2, 0) is 22.5 Å². The van der Waals surface area contributed by atoms with Crippen molar-refractivity contribution < 1.29 is 9.53 Å². The Morgan fingerprint density at radius 3 is 2.79 bits per heavy atom. The van der Waals surface area contributed by atoms with Gasteiger partial charge in [-0.1, -0.05) is 30.3 Å². The molecule has 0 unspecified atom stereocenters. The Balaban J connectivity index is 1.64. The number of aromatic nitrogens is 3. The van der Waals surface area contributed by atoms with Gasteiger partial charge < -0.3 is 10.5 Å². The van der Waals surface area contributed by atoms with Crippen LogP contribution in [0, 0.1) is 0 Å². The average molecular weight is 260 g/mol. The first kappa shape index (κ1) is 13.1. The van der Waals surface area contributed by atoms with Gasteiger partial charge in [0.2, 0.25) is 5.95 Å². The van der Waals surface area contributed by atoms with E-state index >= 15 is 0 Å². The maximum absolute atomic E-state index is 11.5. The third-order valence-electron chi connectivity index (χ3n) is 2.56. The lowest BCUT2D eigenvalue weighted by Crippen LogP contribution is -2.15. The maximum Gasteiger partial charge on any atom is 0.327 e. The number of esters is 1. The molecule has 0 fully saturated rings. The number of anilines is 1. The predicted octanol–water partition coefficient (Wildman–Crippen LogP) is 1.04. The summed E-state index contributed by atoms with van der Waals surface area (Å²) in [5.74, 6) is -0.185. The summed E-state index contributed by atoms with van der Waals surface area (Å²) in [5.41, 5.74) is 6.58. The Morgan fingerprint density at radius 2 is 2.11 bits per heavy atom. The number of nitrogen functional groups attached to an aromatic ring is 1. The van der Waals surface area contributed by atoms with Gasteiger partial charge >= 0.3 is 5.97 Å². The first-order valence-corrected chi connectivity index (χ1v) is 6.08. The highest BCUT2D eigenvalue weighted by Crippen LogP contribution is 2.02. The zero-order chi connectivity index (χ0) is 13.5. The Bertz CT molecular complexity index is 524. The fourth-order valence-corrected chi connectivity index (χ4v) is 1.67. The molecule has 6 nitrogen and oxygen atoms in total. The van der Waals surface area contributed by atoms with Crippen molar-refractivity contribution in [3.05, 3.63) is 42.2 Å². The van der Waals surface area contributed by atoms with E-state index in [-0.39, 0.29) is 18.5 Å². The second-order valence-electron chi connectivity index (χ2n) is 4.11. The summed E-state index contributed by atoms with van der Waals surface area (Å²) in [6.07, 6.45) is 3.10. The van der Waals surface area contributed by atoms with Crippen LogP contribution >= 0.6 is 0 Å². The lowest BCUT2D eigenvalue weighted by atomic mass is 10.1. The molecule has 0 amide bonds. The van der Waals surface area contributed by atoms with Gasteiger partial charge in [0, 0.05) is 0 Å². The van der Waals surface area contributed by atoms with Gasteiger partial charge in [-0.3, -0.25) is 4.79 Å².